The van der Waals surface area contributed by atoms with Gasteiger partial charge in [-0.15, -0.1) is 0 Å². The number of nitrogens with one attached hydrogen (secondary N) is 1. The van der Waals surface area contributed by atoms with Crippen molar-refractivity contribution in [2.45, 2.75) is 129 Å². The number of unbranched alkanes of at least 4 members (excludes halogenated alkanes) is 17. The molecule has 1 heterocycles. The van der Waals surface area contributed by atoms with Gasteiger partial charge in [-0.05, 0) is 65.3 Å². The van der Waals surface area contributed by atoms with Gasteiger partial charge in [-0.1, -0.05) is 128 Å². The number of H-pyrrole nitrogens is 1. The van der Waals surface area contributed by atoms with Gasteiger partial charge in [-0.3, -0.25) is 0 Å². The van der Waals surface area contributed by atoms with Crippen LogP contribution >= 0.6 is 22.6 Å². The van der Waals surface area contributed by atoms with Crippen LogP contribution in [-0.2, 0) is 6.42 Å². The largest absolute Gasteiger partial charge is 0.355 e. The average molecular weight is 574 g/mol. The van der Waals surface area contributed by atoms with Crippen molar-refractivity contribution in [3.63, 3.8) is 0 Å². The predicted molar refractivity (Wildman–Crippen MR) is 161 cm³/mol. The molecule has 0 unspecified atom stereocenters. The molecule has 0 aliphatic carbocycles. The van der Waals surface area contributed by atoms with E-state index in [1.165, 1.54) is 153 Å². The van der Waals surface area contributed by atoms with Crippen LogP contribution in [0.5, 0.6) is 0 Å². The van der Waals surface area contributed by atoms with Crippen LogP contribution in [0.3, 0.4) is 0 Å². The first-order valence-corrected chi connectivity index (χ1v) is 15.6. The third kappa shape index (κ3) is 9.91. The van der Waals surface area contributed by atoms with Crippen molar-refractivity contribution in [1.29, 1.82) is 0 Å². The number of hydrogen-bond donors (Lipinski definition) is 1. The van der Waals surface area contributed by atoms with Gasteiger partial charge < -0.3 is 4.98 Å². The van der Waals surface area contributed by atoms with E-state index in [2.05, 4.69) is 70.9 Å². The van der Waals surface area contributed by atoms with Gasteiger partial charge in [0.15, 0.2) is 0 Å². The second-order valence-electron chi connectivity index (χ2n) is 10.5. The number of aromatic nitrogens is 1. The van der Waals surface area contributed by atoms with E-state index in [-0.39, 0.29) is 0 Å². The zero-order valence-corrected chi connectivity index (χ0v) is 23.9. The summed E-state index contributed by atoms with van der Waals surface area (Å²) in [6, 6.07) is 13.7. The van der Waals surface area contributed by atoms with Gasteiger partial charge in [0.25, 0.3) is 0 Å². The van der Waals surface area contributed by atoms with Crippen LogP contribution in [0.25, 0.3) is 21.8 Å². The number of aryl methyl sites for hydroxylation is 1. The highest BCUT2D eigenvalue weighted by Gasteiger charge is 2.05. The lowest BCUT2D eigenvalue weighted by molar-refractivity contribution is 0.525. The minimum Gasteiger partial charge on any atom is -0.355 e. The number of rotatable bonds is 19. The van der Waals surface area contributed by atoms with E-state index in [0.29, 0.717) is 0 Å². The first-order valence-electron chi connectivity index (χ1n) is 14.5. The smallest absolute Gasteiger partial charge is 0.0467 e. The normalized spacial score (nSPS) is 11.7. The summed E-state index contributed by atoms with van der Waals surface area (Å²) in [5, 5.41) is 2.71. The molecule has 0 amide bonds. The first kappa shape index (κ1) is 27.6. The second-order valence-corrected chi connectivity index (χ2v) is 11.7. The third-order valence-corrected chi connectivity index (χ3v) is 8.12. The number of halogens is 1. The maximum atomic E-state index is 3.60. The Morgan fingerprint density at radius 1 is 0.529 bits per heavy atom. The molecule has 1 nitrogen and oxygen atoms in total. The van der Waals surface area contributed by atoms with E-state index in [4.69, 9.17) is 0 Å². The Morgan fingerprint density at radius 3 is 1.62 bits per heavy atom. The molecule has 2 aromatic carbocycles. The Hall–Kier alpha value is -1.03. The summed E-state index contributed by atoms with van der Waals surface area (Å²) in [7, 11) is 0. The predicted octanol–water partition coefficient (Wildman–Crippen LogP) is 11.5. The van der Waals surface area contributed by atoms with E-state index in [1.807, 2.05) is 0 Å². The minimum absolute atomic E-state index is 1.21. The maximum absolute atomic E-state index is 3.60. The van der Waals surface area contributed by atoms with Gasteiger partial charge in [-0.2, -0.15) is 0 Å². The van der Waals surface area contributed by atoms with Crippen molar-refractivity contribution >= 4 is 44.4 Å². The van der Waals surface area contributed by atoms with Gasteiger partial charge in [-0.25, -0.2) is 0 Å². The van der Waals surface area contributed by atoms with E-state index in [0.717, 1.165) is 0 Å². The van der Waals surface area contributed by atoms with Crippen LogP contribution in [-0.4, -0.2) is 4.98 Å². The molecular weight excluding hydrogens is 525 g/mol. The number of fused-ring (bicyclic) bond motifs is 3. The second kappa shape index (κ2) is 16.6. The summed E-state index contributed by atoms with van der Waals surface area (Å²) in [6.45, 7) is 2.30. The molecule has 34 heavy (non-hydrogen) atoms. The van der Waals surface area contributed by atoms with E-state index < -0.39 is 0 Å². The lowest BCUT2D eigenvalue weighted by atomic mass is 10.0. The zero-order chi connectivity index (χ0) is 23.8. The monoisotopic (exact) mass is 573 g/mol. The van der Waals surface area contributed by atoms with Crippen LogP contribution < -0.4 is 0 Å². The molecule has 3 aromatic rings. The molecule has 0 aliphatic heterocycles. The molecule has 1 N–H and O–H groups in total. The van der Waals surface area contributed by atoms with Gasteiger partial charge in [0.1, 0.15) is 0 Å². The summed E-state index contributed by atoms with van der Waals surface area (Å²) in [5.74, 6) is 0. The molecule has 0 fully saturated rings. The Labute approximate surface area is 223 Å². The number of aromatic amines is 1. The van der Waals surface area contributed by atoms with E-state index in [9.17, 15) is 0 Å². The molecular formula is C32H48IN. The first-order chi connectivity index (χ1) is 16.8. The lowest BCUT2D eigenvalue weighted by Crippen LogP contribution is -1.87. The summed E-state index contributed by atoms with van der Waals surface area (Å²) < 4.78 is 1.30. The van der Waals surface area contributed by atoms with Crippen LogP contribution in [0.1, 0.15) is 128 Å². The third-order valence-electron chi connectivity index (χ3n) is 7.44. The lowest BCUT2D eigenvalue weighted by Gasteiger charge is -2.04. The van der Waals surface area contributed by atoms with Gasteiger partial charge in [0.05, 0.1) is 0 Å². The standard InChI is InChI=1S/C32H48IN/c1-2-3-4-5-6-7-8-9-10-11-12-13-14-15-16-17-18-19-20-27-21-23-29-30-26-28(33)22-24-31(30)34-32(29)25-27/h21-26,34H,2-20H2,1H3. The maximum Gasteiger partial charge on any atom is 0.0467 e. The topological polar surface area (TPSA) is 15.8 Å². The van der Waals surface area contributed by atoms with Gasteiger partial charge in [0.2, 0.25) is 0 Å². The quantitative estimate of drug-likeness (QED) is 0.108. The average Bonchev–Trinajstić information content (AvgIpc) is 3.20. The van der Waals surface area contributed by atoms with Gasteiger partial charge >= 0.3 is 0 Å². The Bertz CT molecular complexity index is 941. The fraction of sp³-hybridized carbons (Fsp3) is 0.625. The van der Waals surface area contributed by atoms with Crippen molar-refractivity contribution in [3.8, 4) is 0 Å². The molecule has 1 aromatic heterocycles. The van der Waals surface area contributed by atoms with Crippen molar-refractivity contribution in [2.75, 3.05) is 0 Å². The molecule has 0 atom stereocenters. The van der Waals surface area contributed by atoms with E-state index >= 15 is 0 Å². The van der Waals surface area contributed by atoms with Crippen LogP contribution in [0.15, 0.2) is 36.4 Å². The highest BCUT2D eigenvalue weighted by Crippen LogP contribution is 2.28. The summed E-state index contributed by atoms with van der Waals surface area (Å²) >= 11 is 2.40. The molecule has 0 aliphatic rings. The molecule has 0 saturated carbocycles. The molecule has 3 rings (SSSR count). The summed E-state index contributed by atoms with van der Waals surface area (Å²) in [4.78, 5) is 3.60. The molecule has 0 saturated heterocycles. The molecule has 188 valence electrons. The summed E-state index contributed by atoms with van der Waals surface area (Å²) in [5.41, 5.74) is 4.02. The molecule has 0 radical (unpaired) electrons. The highest BCUT2D eigenvalue weighted by molar-refractivity contribution is 14.1. The molecule has 2 heteroatoms. The fourth-order valence-electron chi connectivity index (χ4n) is 5.31. The van der Waals surface area contributed by atoms with Crippen molar-refractivity contribution in [2.24, 2.45) is 0 Å². The molecule has 0 spiro atoms. The van der Waals surface area contributed by atoms with Crippen LogP contribution in [0.4, 0.5) is 0 Å². The number of hydrogen-bond acceptors (Lipinski definition) is 0. The Balaban J connectivity index is 1.14. The van der Waals surface area contributed by atoms with Crippen LogP contribution in [0.2, 0.25) is 0 Å². The fourth-order valence-corrected chi connectivity index (χ4v) is 5.80. The number of benzene rings is 2. The minimum atomic E-state index is 1.21. The van der Waals surface area contributed by atoms with Crippen LogP contribution in [0, 0.1) is 3.57 Å². The SMILES string of the molecule is CCCCCCCCCCCCCCCCCCCCc1ccc2c(c1)[nH]c1ccc(I)cc12. The van der Waals surface area contributed by atoms with E-state index in [1.54, 1.807) is 0 Å². The van der Waals surface area contributed by atoms with Gasteiger partial charge in [0, 0.05) is 25.4 Å². The zero-order valence-electron chi connectivity index (χ0n) is 21.8. The molecule has 0 bridgehead atoms. The van der Waals surface area contributed by atoms with Crippen molar-refractivity contribution in [1.82, 2.24) is 4.98 Å². The highest BCUT2D eigenvalue weighted by atomic mass is 127. The van der Waals surface area contributed by atoms with Crippen molar-refractivity contribution < 1.29 is 0 Å². The Kier molecular flexibility index (Phi) is 13.5. The summed E-state index contributed by atoms with van der Waals surface area (Å²) in [6.07, 6.45) is 27.1. The Morgan fingerprint density at radius 2 is 1.06 bits per heavy atom. The van der Waals surface area contributed by atoms with Crippen molar-refractivity contribution in [3.05, 3.63) is 45.5 Å².